The van der Waals surface area contributed by atoms with E-state index in [4.69, 9.17) is 0 Å². The summed E-state index contributed by atoms with van der Waals surface area (Å²) in [5.41, 5.74) is 0.794. The molecule has 1 aromatic heterocycles. The summed E-state index contributed by atoms with van der Waals surface area (Å²) in [6, 6.07) is 1.91. The summed E-state index contributed by atoms with van der Waals surface area (Å²) in [5, 5.41) is 3.73. The monoisotopic (exact) mass is 279 g/mol. The minimum atomic E-state index is -0.0512. The molecule has 5 nitrogen and oxygen atoms in total. The van der Waals surface area contributed by atoms with Crippen molar-refractivity contribution in [3.8, 4) is 0 Å². The first-order valence-corrected chi connectivity index (χ1v) is 7.70. The maximum atomic E-state index is 12.1. The Morgan fingerprint density at radius 2 is 2.37 bits per heavy atom. The van der Waals surface area contributed by atoms with Gasteiger partial charge < -0.3 is 5.32 Å². The van der Waals surface area contributed by atoms with E-state index < -0.39 is 0 Å². The highest BCUT2D eigenvalue weighted by atomic mass is 32.2. The van der Waals surface area contributed by atoms with Crippen molar-refractivity contribution in [1.29, 1.82) is 0 Å². The summed E-state index contributed by atoms with van der Waals surface area (Å²) in [7, 11) is 0. The van der Waals surface area contributed by atoms with Gasteiger partial charge in [0.25, 0.3) is 5.56 Å². The third kappa shape index (κ3) is 2.68. The minimum Gasteiger partial charge on any atom is -0.353 e. The molecule has 2 heterocycles. The number of amides is 1. The fourth-order valence-electron chi connectivity index (χ4n) is 2.26. The van der Waals surface area contributed by atoms with E-state index in [1.54, 1.807) is 22.4 Å². The molecule has 0 spiro atoms. The lowest BCUT2D eigenvalue weighted by Crippen LogP contribution is -2.31. The third-order valence-corrected chi connectivity index (χ3v) is 4.57. The number of hydrogen-bond acceptors (Lipinski definition) is 4. The van der Waals surface area contributed by atoms with Crippen molar-refractivity contribution in [2.45, 2.75) is 49.8 Å². The number of rotatable bonds is 4. The van der Waals surface area contributed by atoms with Crippen LogP contribution in [0.5, 0.6) is 0 Å². The first kappa shape index (κ1) is 12.7. The number of hydrogen-bond donors (Lipinski definition) is 1. The van der Waals surface area contributed by atoms with Crippen molar-refractivity contribution in [3.05, 3.63) is 22.1 Å². The lowest BCUT2D eigenvalue weighted by atomic mass is 10.2. The summed E-state index contributed by atoms with van der Waals surface area (Å²) < 4.78 is 1.68. The van der Waals surface area contributed by atoms with Gasteiger partial charge in [-0.05, 0) is 19.3 Å². The molecule has 1 atom stereocenters. The molecule has 0 radical (unpaired) electrons. The van der Waals surface area contributed by atoms with Gasteiger partial charge >= 0.3 is 0 Å². The van der Waals surface area contributed by atoms with Gasteiger partial charge in [0, 0.05) is 30.0 Å². The first-order chi connectivity index (χ1) is 9.17. The molecule has 6 heteroatoms. The Morgan fingerprint density at radius 1 is 1.58 bits per heavy atom. The molecule has 1 fully saturated rings. The Labute approximate surface area is 115 Å². The third-order valence-electron chi connectivity index (χ3n) is 3.47. The normalized spacial score (nSPS) is 21.2. The van der Waals surface area contributed by atoms with E-state index in [0.717, 1.165) is 35.9 Å². The van der Waals surface area contributed by atoms with Crippen LogP contribution in [0.3, 0.4) is 0 Å². The molecular weight excluding hydrogens is 262 g/mol. The van der Waals surface area contributed by atoms with E-state index in [1.807, 2.05) is 6.92 Å². The number of nitrogens with one attached hydrogen (secondary N) is 1. The predicted octanol–water partition coefficient (Wildman–Crippen LogP) is 1.12. The summed E-state index contributed by atoms with van der Waals surface area (Å²) in [6.45, 7) is 1.99. The molecule has 1 N–H and O–H groups in total. The molecule has 0 bridgehead atoms. The van der Waals surface area contributed by atoms with Gasteiger partial charge in [-0.15, -0.1) is 0 Å². The van der Waals surface area contributed by atoms with Crippen molar-refractivity contribution in [1.82, 2.24) is 14.9 Å². The molecule has 19 heavy (non-hydrogen) atoms. The summed E-state index contributed by atoms with van der Waals surface area (Å²) in [4.78, 5) is 28.4. The van der Waals surface area contributed by atoms with Gasteiger partial charge in [-0.1, -0.05) is 18.7 Å². The van der Waals surface area contributed by atoms with Crippen LogP contribution in [0, 0.1) is 0 Å². The fourth-order valence-corrected chi connectivity index (χ4v) is 3.43. The maximum absolute atomic E-state index is 12.1. The molecule has 1 aliphatic heterocycles. The standard InChI is InChI=1S/C13H17N3O2S/c1-2-8-5-12(18)16-10(7-19-13(16)15-8)6-11(17)14-9-3-4-9/h5,9-10H,2-4,6-7H2,1H3,(H,14,17). The van der Waals surface area contributed by atoms with Crippen LogP contribution < -0.4 is 10.9 Å². The lowest BCUT2D eigenvalue weighted by molar-refractivity contribution is -0.121. The zero-order valence-electron chi connectivity index (χ0n) is 10.9. The minimum absolute atomic E-state index is 0.0314. The second-order valence-corrected chi connectivity index (χ2v) is 6.09. The molecule has 1 aromatic rings. The Morgan fingerprint density at radius 3 is 3.05 bits per heavy atom. The quantitative estimate of drug-likeness (QED) is 0.839. The molecule has 1 saturated carbocycles. The van der Waals surface area contributed by atoms with E-state index in [-0.39, 0.29) is 17.5 Å². The van der Waals surface area contributed by atoms with Crippen molar-refractivity contribution >= 4 is 17.7 Å². The number of fused-ring (bicyclic) bond motifs is 1. The maximum Gasteiger partial charge on any atom is 0.254 e. The van der Waals surface area contributed by atoms with Crippen LogP contribution in [0.4, 0.5) is 0 Å². The summed E-state index contributed by atoms with van der Waals surface area (Å²) >= 11 is 1.57. The van der Waals surface area contributed by atoms with Crippen LogP contribution in [0.15, 0.2) is 16.0 Å². The van der Waals surface area contributed by atoms with Crippen molar-refractivity contribution in [3.63, 3.8) is 0 Å². The zero-order chi connectivity index (χ0) is 13.4. The lowest BCUT2D eigenvalue weighted by Gasteiger charge is -2.13. The molecule has 0 aromatic carbocycles. The molecule has 3 rings (SSSR count). The Balaban J connectivity index is 1.77. The molecule has 1 amide bonds. The van der Waals surface area contributed by atoms with Crippen molar-refractivity contribution < 1.29 is 4.79 Å². The molecular formula is C13H17N3O2S. The van der Waals surface area contributed by atoms with E-state index in [9.17, 15) is 9.59 Å². The van der Waals surface area contributed by atoms with Gasteiger partial charge in [0.15, 0.2) is 5.16 Å². The van der Waals surface area contributed by atoms with Crippen LogP contribution in [-0.2, 0) is 11.2 Å². The number of carbonyl (C=O) groups is 1. The van der Waals surface area contributed by atoms with E-state index in [1.165, 1.54) is 0 Å². The fraction of sp³-hybridized carbons (Fsp3) is 0.615. The summed E-state index contributed by atoms with van der Waals surface area (Å²) in [5.74, 6) is 0.806. The van der Waals surface area contributed by atoms with Gasteiger partial charge in [0.2, 0.25) is 5.91 Å². The second-order valence-electron chi connectivity index (χ2n) is 5.10. The largest absolute Gasteiger partial charge is 0.353 e. The number of thioether (sulfide) groups is 1. The van der Waals surface area contributed by atoms with E-state index in [2.05, 4.69) is 10.3 Å². The SMILES string of the molecule is CCc1cc(=O)n2c(n1)SCC2CC(=O)NC1CC1. The second kappa shape index (κ2) is 5.00. The van der Waals surface area contributed by atoms with Crippen molar-refractivity contribution in [2.24, 2.45) is 0 Å². The molecule has 1 unspecified atom stereocenters. The topological polar surface area (TPSA) is 64.0 Å². The average Bonchev–Trinajstić information content (AvgIpc) is 3.09. The number of aryl methyl sites for hydroxylation is 1. The highest BCUT2D eigenvalue weighted by Gasteiger charge is 2.29. The highest BCUT2D eigenvalue weighted by molar-refractivity contribution is 7.99. The predicted molar refractivity (Wildman–Crippen MR) is 73.4 cm³/mol. The van der Waals surface area contributed by atoms with Crippen LogP contribution >= 0.6 is 11.8 Å². The smallest absolute Gasteiger partial charge is 0.254 e. The zero-order valence-corrected chi connectivity index (χ0v) is 11.7. The Bertz CT molecular complexity index is 565. The average molecular weight is 279 g/mol. The highest BCUT2D eigenvalue weighted by Crippen LogP contribution is 2.32. The molecule has 1 aliphatic carbocycles. The van der Waals surface area contributed by atoms with Gasteiger partial charge in [0.1, 0.15) is 0 Å². The number of nitrogens with zero attached hydrogens (tertiary/aromatic N) is 2. The number of carbonyl (C=O) groups excluding carboxylic acids is 1. The molecule has 2 aliphatic rings. The molecule has 0 saturated heterocycles. The number of aromatic nitrogens is 2. The first-order valence-electron chi connectivity index (χ1n) is 6.72. The van der Waals surface area contributed by atoms with E-state index in [0.29, 0.717) is 12.5 Å². The Kier molecular flexibility index (Phi) is 3.35. The Hall–Kier alpha value is -1.30. The van der Waals surface area contributed by atoms with Crippen LogP contribution in [0.2, 0.25) is 0 Å². The van der Waals surface area contributed by atoms with Crippen molar-refractivity contribution in [2.75, 3.05) is 5.75 Å². The van der Waals surface area contributed by atoms with Gasteiger partial charge in [-0.2, -0.15) is 0 Å². The molecule has 102 valence electrons. The van der Waals surface area contributed by atoms with Gasteiger partial charge in [-0.25, -0.2) is 4.98 Å². The van der Waals surface area contributed by atoms with E-state index >= 15 is 0 Å². The summed E-state index contributed by atoms with van der Waals surface area (Å²) in [6.07, 6.45) is 3.31. The van der Waals surface area contributed by atoms with Gasteiger partial charge in [0.05, 0.1) is 6.04 Å². The van der Waals surface area contributed by atoms with Gasteiger partial charge in [-0.3, -0.25) is 14.2 Å². The van der Waals surface area contributed by atoms with Crippen LogP contribution in [0.25, 0.3) is 0 Å². The van der Waals surface area contributed by atoms with Crippen LogP contribution in [0.1, 0.15) is 37.9 Å². The van der Waals surface area contributed by atoms with Crippen LogP contribution in [-0.4, -0.2) is 27.3 Å².